The Morgan fingerprint density at radius 3 is 2.62 bits per heavy atom. The number of aromatic nitrogens is 1. The Labute approximate surface area is 153 Å². The predicted molar refractivity (Wildman–Crippen MR) is 99.2 cm³/mol. The van der Waals surface area contributed by atoms with Crippen molar-refractivity contribution in [1.82, 2.24) is 15.0 Å². The van der Waals surface area contributed by atoms with Crippen molar-refractivity contribution >= 4 is 11.8 Å². The van der Waals surface area contributed by atoms with Crippen LogP contribution in [0.3, 0.4) is 0 Å². The molecule has 7 heteroatoms. The molecule has 26 heavy (non-hydrogen) atoms. The number of anilines is 1. The maximum absolute atomic E-state index is 12.2. The van der Waals surface area contributed by atoms with Crippen LogP contribution in [0.1, 0.15) is 17.7 Å². The van der Waals surface area contributed by atoms with E-state index in [0.29, 0.717) is 12.4 Å². The fraction of sp³-hybridized carbons (Fsp3) is 0.474. The molecule has 1 N–H and O–H groups in total. The molecule has 3 rings (SSSR count). The molecule has 0 unspecified atom stereocenters. The van der Waals surface area contributed by atoms with Gasteiger partial charge in [-0.3, -0.25) is 19.9 Å². The largest absolute Gasteiger partial charge is 0.497 e. The van der Waals surface area contributed by atoms with Gasteiger partial charge in [0.1, 0.15) is 5.75 Å². The van der Waals surface area contributed by atoms with Gasteiger partial charge in [0.15, 0.2) is 0 Å². The van der Waals surface area contributed by atoms with Gasteiger partial charge >= 0.3 is 0 Å². The number of carbonyl (C=O) groups excluding carboxylic acids is 1. The van der Waals surface area contributed by atoms with Crippen LogP contribution in [0.2, 0.25) is 0 Å². The van der Waals surface area contributed by atoms with Gasteiger partial charge in [0.25, 0.3) is 0 Å². The van der Waals surface area contributed by atoms with Gasteiger partial charge < -0.3 is 9.26 Å². The average molecular weight is 358 g/mol. The molecule has 140 valence electrons. The maximum atomic E-state index is 12.2. The van der Waals surface area contributed by atoms with Gasteiger partial charge in [0.05, 0.1) is 19.3 Å². The number of hydrogen-bond acceptors (Lipinski definition) is 6. The number of benzene rings is 1. The minimum Gasteiger partial charge on any atom is -0.497 e. The topological polar surface area (TPSA) is 70.8 Å². The molecule has 2 aromatic rings. The number of rotatable bonds is 6. The molecule has 1 amide bonds. The molecular formula is C19H26N4O3. The van der Waals surface area contributed by atoms with E-state index in [2.05, 4.69) is 32.4 Å². The second kappa shape index (κ2) is 8.82. The van der Waals surface area contributed by atoms with Crippen LogP contribution in [0.25, 0.3) is 0 Å². The van der Waals surface area contributed by atoms with E-state index in [-0.39, 0.29) is 5.91 Å². The lowest BCUT2D eigenvalue weighted by atomic mass is 10.2. The van der Waals surface area contributed by atoms with Crippen molar-refractivity contribution in [3.63, 3.8) is 0 Å². The second-order valence-corrected chi connectivity index (χ2v) is 6.63. The first kappa shape index (κ1) is 18.4. The molecule has 1 aromatic heterocycles. The number of nitrogens with one attached hydrogen (secondary N) is 1. The molecule has 1 aliphatic rings. The third-order valence-electron chi connectivity index (χ3n) is 4.50. The van der Waals surface area contributed by atoms with E-state index in [4.69, 9.17) is 9.26 Å². The van der Waals surface area contributed by atoms with Gasteiger partial charge in [-0.1, -0.05) is 17.3 Å². The third-order valence-corrected chi connectivity index (χ3v) is 4.50. The monoisotopic (exact) mass is 358 g/mol. The lowest BCUT2D eigenvalue weighted by Crippen LogP contribution is -2.36. The number of ether oxygens (including phenoxy) is 1. The van der Waals surface area contributed by atoms with Gasteiger partial charge in [0, 0.05) is 25.7 Å². The van der Waals surface area contributed by atoms with Gasteiger partial charge in [-0.2, -0.15) is 0 Å². The fourth-order valence-electron chi connectivity index (χ4n) is 3.13. The summed E-state index contributed by atoms with van der Waals surface area (Å²) < 4.78 is 10.2. The zero-order chi connectivity index (χ0) is 18.4. The highest BCUT2D eigenvalue weighted by Gasteiger charge is 2.18. The van der Waals surface area contributed by atoms with Crippen LogP contribution in [-0.2, 0) is 11.3 Å². The van der Waals surface area contributed by atoms with Crippen LogP contribution in [0, 0.1) is 6.92 Å². The van der Waals surface area contributed by atoms with Crippen LogP contribution >= 0.6 is 0 Å². The van der Waals surface area contributed by atoms with Crippen molar-refractivity contribution in [2.45, 2.75) is 19.9 Å². The number of carbonyl (C=O) groups is 1. The molecular weight excluding hydrogens is 332 g/mol. The molecule has 1 aliphatic heterocycles. The van der Waals surface area contributed by atoms with Crippen LogP contribution in [0.4, 0.5) is 5.88 Å². The number of hydrogen-bond donors (Lipinski definition) is 1. The summed E-state index contributed by atoms with van der Waals surface area (Å²) in [5.41, 5.74) is 2.03. The zero-order valence-corrected chi connectivity index (χ0v) is 15.4. The van der Waals surface area contributed by atoms with Gasteiger partial charge in [-0.05, 0) is 44.1 Å². The van der Waals surface area contributed by atoms with E-state index in [1.807, 2.05) is 19.1 Å². The molecule has 0 spiro atoms. The number of methoxy groups -OCH3 is 1. The molecule has 0 radical (unpaired) electrons. The summed E-state index contributed by atoms with van der Waals surface area (Å²) in [5.74, 6) is 1.22. The molecule has 1 saturated heterocycles. The third kappa shape index (κ3) is 5.31. The lowest BCUT2D eigenvalue weighted by Gasteiger charge is -2.21. The Bertz CT molecular complexity index is 714. The Morgan fingerprint density at radius 1 is 1.19 bits per heavy atom. The standard InChI is InChI=1S/C19H26N4O3/c1-15-12-19(26-21-15)20-18(24)14-23-9-3-8-22(10-11-23)13-16-4-6-17(25-2)7-5-16/h4-7,12H,3,8-11,13-14H2,1-2H3,(H,20,24). The average Bonchev–Trinajstić information content (AvgIpc) is 2.91. The minimum atomic E-state index is -0.0650. The van der Waals surface area contributed by atoms with Gasteiger partial charge in [-0.25, -0.2) is 0 Å². The summed E-state index contributed by atoms with van der Waals surface area (Å²) in [5, 5.41) is 6.53. The molecule has 1 aromatic carbocycles. The molecule has 1 fully saturated rings. The first-order valence-electron chi connectivity index (χ1n) is 8.93. The first-order chi connectivity index (χ1) is 12.6. The fourth-order valence-corrected chi connectivity index (χ4v) is 3.13. The Morgan fingerprint density at radius 2 is 1.92 bits per heavy atom. The molecule has 0 bridgehead atoms. The highest BCUT2D eigenvalue weighted by Crippen LogP contribution is 2.14. The Kier molecular flexibility index (Phi) is 6.25. The van der Waals surface area contributed by atoms with Crippen molar-refractivity contribution in [1.29, 1.82) is 0 Å². The SMILES string of the molecule is COc1ccc(CN2CCCN(CC(=O)Nc3cc(C)no3)CC2)cc1. The summed E-state index contributed by atoms with van der Waals surface area (Å²) in [6.45, 7) is 6.88. The number of amides is 1. The first-order valence-corrected chi connectivity index (χ1v) is 8.93. The van der Waals surface area contributed by atoms with Crippen LogP contribution < -0.4 is 10.1 Å². The smallest absolute Gasteiger partial charge is 0.240 e. The van der Waals surface area contributed by atoms with Crippen molar-refractivity contribution in [3.8, 4) is 5.75 Å². The van der Waals surface area contributed by atoms with Crippen molar-refractivity contribution in [2.24, 2.45) is 0 Å². The molecule has 2 heterocycles. The predicted octanol–water partition coefficient (Wildman–Crippen LogP) is 2.14. The lowest BCUT2D eigenvalue weighted by molar-refractivity contribution is -0.117. The highest BCUT2D eigenvalue weighted by atomic mass is 16.5. The van der Waals surface area contributed by atoms with E-state index >= 15 is 0 Å². The van der Waals surface area contributed by atoms with Crippen molar-refractivity contribution in [2.75, 3.05) is 45.2 Å². The Balaban J connectivity index is 1.45. The zero-order valence-electron chi connectivity index (χ0n) is 15.4. The molecule has 0 aliphatic carbocycles. The van der Waals surface area contributed by atoms with E-state index in [9.17, 15) is 4.79 Å². The molecule has 0 saturated carbocycles. The Hall–Kier alpha value is -2.38. The van der Waals surface area contributed by atoms with Crippen LogP contribution in [0.5, 0.6) is 5.75 Å². The number of aryl methyl sites for hydroxylation is 1. The summed E-state index contributed by atoms with van der Waals surface area (Å²) in [6, 6.07) is 9.92. The molecule has 0 atom stereocenters. The van der Waals surface area contributed by atoms with E-state index in [1.54, 1.807) is 13.2 Å². The summed E-state index contributed by atoms with van der Waals surface area (Å²) >= 11 is 0. The van der Waals surface area contributed by atoms with Gasteiger partial charge in [-0.15, -0.1) is 0 Å². The normalized spacial score (nSPS) is 16.2. The van der Waals surface area contributed by atoms with Crippen LogP contribution in [-0.4, -0.2) is 60.7 Å². The summed E-state index contributed by atoms with van der Waals surface area (Å²) in [4.78, 5) is 16.8. The van der Waals surface area contributed by atoms with E-state index < -0.39 is 0 Å². The quantitative estimate of drug-likeness (QED) is 0.853. The minimum absolute atomic E-state index is 0.0650. The summed E-state index contributed by atoms with van der Waals surface area (Å²) in [7, 11) is 1.68. The van der Waals surface area contributed by atoms with E-state index in [0.717, 1.165) is 50.6 Å². The van der Waals surface area contributed by atoms with Crippen molar-refractivity contribution in [3.05, 3.63) is 41.6 Å². The highest BCUT2D eigenvalue weighted by molar-refractivity contribution is 5.90. The second-order valence-electron chi connectivity index (χ2n) is 6.63. The van der Waals surface area contributed by atoms with Gasteiger partial charge in [0.2, 0.25) is 11.8 Å². The maximum Gasteiger partial charge on any atom is 0.240 e. The number of nitrogens with zero attached hydrogens (tertiary/aromatic N) is 3. The van der Waals surface area contributed by atoms with Crippen molar-refractivity contribution < 1.29 is 14.1 Å². The summed E-state index contributed by atoms with van der Waals surface area (Å²) in [6.07, 6.45) is 1.05. The van der Waals surface area contributed by atoms with Crippen LogP contribution in [0.15, 0.2) is 34.9 Å². The van der Waals surface area contributed by atoms with E-state index in [1.165, 1.54) is 5.56 Å². The molecule has 7 nitrogen and oxygen atoms in total.